The second-order valence-electron chi connectivity index (χ2n) is 3.83. The van der Waals surface area contributed by atoms with Gasteiger partial charge in [0.15, 0.2) is 0 Å². The third-order valence-electron chi connectivity index (χ3n) is 2.83. The third kappa shape index (κ3) is 2.42. The van der Waals surface area contributed by atoms with E-state index in [4.69, 9.17) is 0 Å². The minimum Gasteiger partial charge on any atom is -0.308 e. The zero-order valence-electron chi connectivity index (χ0n) is 10.0. The molecule has 0 aliphatic carbocycles. The van der Waals surface area contributed by atoms with E-state index in [1.54, 1.807) is 0 Å². The minimum atomic E-state index is 0.160. The number of aryl methyl sites for hydroxylation is 1. The average molecular weight is 294 g/mol. The van der Waals surface area contributed by atoms with E-state index in [1.165, 1.54) is 11.3 Å². The normalized spacial score (nSPS) is 12.6. The number of hydrogen-bond acceptors (Lipinski definition) is 2. The Hall–Kier alpha value is -1.13. The van der Waals surface area contributed by atoms with E-state index >= 15 is 0 Å². The van der Waals surface area contributed by atoms with Crippen molar-refractivity contribution in [3.05, 3.63) is 52.3 Å². The number of aromatic nitrogens is 2. The first-order chi connectivity index (χ1) is 8.27. The second kappa shape index (κ2) is 5.47. The first-order valence-corrected chi connectivity index (χ1v) is 6.50. The van der Waals surface area contributed by atoms with Crippen LogP contribution in [0.2, 0.25) is 0 Å². The fourth-order valence-corrected chi connectivity index (χ4v) is 2.54. The van der Waals surface area contributed by atoms with Crippen molar-refractivity contribution in [2.45, 2.75) is 19.5 Å². The Morgan fingerprint density at radius 3 is 2.65 bits per heavy atom. The van der Waals surface area contributed by atoms with Crippen LogP contribution in [-0.2, 0) is 6.54 Å². The van der Waals surface area contributed by atoms with Crippen molar-refractivity contribution in [3.63, 3.8) is 0 Å². The van der Waals surface area contributed by atoms with Gasteiger partial charge in [0.1, 0.15) is 0 Å². The first kappa shape index (κ1) is 12.3. The number of nitrogens with one attached hydrogen (secondary N) is 1. The van der Waals surface area contributed by atoms with Gasteiger partial charge in [0, 0.05) is 6.54 Å². The summed E-state index contributed by atoms with van der Waals surface area (Å²) >= 11 is 3.57. The van der Waals surface area contributed by atoms with Crippen LogP contribution in [0.25, 0.3) is 0 Å². The molecule has 1 heterocycles. The van der Waals surface area contributed by atoms with Crippen LogP contribution >= 0.6 is 15.9 Å². The van der Waals surface area contributed by atoms with E-state index < -0.39 is 0 Å². The highest BCUT2D eigenvalue weighted by molar-refractivity contribution is 9.10. The van der Waals surface area contributed by atoms with Crippen molar-refractivity contribution in [2.24, 2.45) is 0 Å². The molecule has 0 saturated carbocycles. The van der Waals surface area contributed by atoms with Crippen molar-refractivity contribution in [1.29, 1.82) is 0 Å². The van der Waals surface area contributed by atoms with Crippen LogP contribution in [0.4, 0.5) is 0 Å². The lowest BCUT2D eigenvalue weighted by Gasteiger charge is -2.18. The molecule has 90 valence electrons. The molecule has 17 heavy (non-hydrogen) atoms. The van der Waals surface area contributed by atoms with Crippen molar-refractivity contribution < 1.29 is 0 Å². The SMILES string of the molecule is CCn1ncc(Br)c1C(NC)c1ccccc1. The summed E-state index contributed by atoms with van der Waals surface area (Å²) in [5.74, 6) is 0. The highest BCUT2D eigenvalue weighted by atomic mass is 79.9. The van der Waals surface area contributed by atoms with Gasteiger partial charge in [-0.25, -0.2) is 0 Å². The molecule has 0 amide bonds. The van der Waals surface area contributed by atoms with Gasteiger partial charge in [-0.05, 0) is 35.5 Å². The lowest BCUT2D eigenvalue weighted by molar-refractivity contribution is 0.561. The first-order valence-electron chi connectivity index (χ1n) is 5.71. The maximum atomic E-state index is 4.36. The lowest BCUT2D eigenvalue weighted by atomic mass is 10.0. The maximum absolute atomic E-state index is 4.36. The fraction of sp³-hybridized carbons (Fsp3) is 0.308. The van der Waals surface area contributed by atoms with Gasteiger partial charge < -0.3 is 5.32 Å². The van der Waals surface area contributed by atoms with Crippen LogP contribution in [0.5, 0.6) is 0 Å². The van der Waals surface area contributed by atoms with E-state index in [1.807, 2.05) is 24.0 Å². The van der Waals surface area contributed by atoms with Crippen LogP contribution in [-0.4, -0.2) is 16.8 Å². The standard InChI is InChI=1S/C13H16BrN3/c1-3-17-13(11(14)9-16-17)12(15-2)10-7-5-4-6-8-10/h4-9,12,15H,3H2,1-2H3. The van der Waals surface area contributed by atoms with Gasteiger partial charge in [0.05, 0.1) is 22.4 Å². The predicted octanol–water partition coefficient (Wildman–Crippen LogP) is 2.97. The Labute approximate surface area is 110 Å². The van der Waals surface area contributed by atoms with Crippen LogP contribution in [0.15, 0.2) is 41.0 Å². The van der Waals surface area contributed by atoms with E-state index in [-0.39, 0.29) is 6.04 Å². The number of nitrogens with zero attached hydrogens (tertiary/aromatic N) is 2. The van der Waals surface area contributed by atoms with Crippen LogP contribution in [0, 0.1) is 0 Å². The van der Waals surface area contributed by atoms with Crippen LogP contribution in [0.3, 0.4) is 0 Å². The van der Waals surface area contributed by atoms with Gasteiger partial charge in [-0.3, -0.25) is 4.68 Å². The quantitative estimate of drug-likeness (QED) is 0.939. The molecule has 0 aliphatic rings. The molecule has 1 atom stereocenters. The molecule has 3 nitrogen and oxygen atoms in total. The molecule has 1 aromatic carbocycles. The van der Waals surface area contributed by atoms with Crippen molar-refractivity contribution in [2.75, 3.05) is 7.05 Å². The molecular formula is C13H16BrN3. The molecule has 1 N–H and O–H groups in total. The Bertz CT molecular complexity index is 479. The summed E-state index contributed by atoms with van der Waals surface area (Å²) in [6.45, 7) is 2.96. The second-order valence-corrected chi connectivity index (χ2v) is 4.68. The molecule has 2 rings (SSSR count). The molecule has 0 aliphatic heterocycles. The summed E-state index contributed by atoms with van der Waals surface area (Å²) < 4.78 is 3.06. The van der Waals surface area contributed by atoms with Crippen molar-refractivity contribution in [1.82, 2.24) is 15.1 Å². The van der Waals surface area contributed by atoms with Crippen LogP contribution in [0.1, 0.15) is 24.2 Å². The fourth-order valence-electron chi connectivity index (χ4n) is 2.02. The van der Waals surface area contributed by atoms with E-state index in [2.05, 4.69) is 57.5 Å². The van der Waals surface area contributed by atoms with E-state index in [9.17, 15) is 0 Å². The summed E-state index contributed by atoms with van der Waals surface area (Å²) in [5, 5.41) is 7.70. The Morgan fingerprint density at radius 2 is 2.06 bits per heavy atom. The summed E-state index contributed by atoms with van der Waals surface area (Å²) in [4.78, 5) is 0. The highest BCUT2D eigenvalue weighted by Crippen LogP contribution is 2.28. The topological polar surface area (TPSA) is 29.9 Å². The molecule has 2 aromatic rings. The zero-order valence-corrected chi connectivity index (χ0v) is 11.6. The lowest BCUT2D eigenvalue weighted by Crippen LogP contribution is -2.21. The third-order valence-corrected chi connectivity index (χ3v) is 3.44. The van der Waals surface area contributed by atoms with Gasteiger partial charge in [0.25, 0.3) is 0 Å². The molecule has 1 unspecified atom stereocenters. The Balaban J connectivity index is 2.45. The van der Waals surface area contributed by atoms with Gasteiger partial charge >= 0.3 is 0 Å². The van der Waals surface area contributed by atoms with Gasteiger partial charge in [0.2, 0.25) is 0 Å². The Morgan fingerprint density at radius 1 is 1.35 bits per heavy atom. The molecule has 0 saturated heterocycles. The molecule has 0 fully saturated rings. The summed E-state index contributed by atoms with van der Waals surface area (Å²) in [7, 11) is 1.97. The molecule has 0 spiro atoms. The van der Waals surface area contributed by atoms with Gasteiger partial charge in [-0.2, -0.15) is 5.10 Å². The van der Waals surface area contributed by atoms with Crippen molar-refractivity contribution >= 4 is 15.9 Å². The monoisotopic (exact) mass is 293 g/mol. The number of halogens is 1. The smallest absolute Gasteiger partial charge is 0.0757 e. The summed E-state index contributed by atoms with van der Waals surface area (Å²) in [6.07, 6.45) is 1.85. The number of hydrogen-bond donors (Lipinski definition) is 1. The molecule has 0 bridgehead atoms. The molecule has 1 aromatic heterocycles. The van der Waals surface area contributed by atoms with E-state index in [0.717, 1.165) is 11.0 Å². The summed E-state index contributed by atoms with van der Waals surface area (Å²) in [5.41, 5.74) is 2.41. The largest absolute Gasteiger partial charge is 0.308 e. The molecule has 0 radical (unpaired) electrons. The van der Waals surface area contributed by atoms with Crippen LogP contribution < -0.4 is 5.32 Å². The van der Waals surface area contributed by atoms with Crippen molar-refractivity contribution in [3.8, 4) is 0 Å². The van der Waals surface area contributed by atoms with Gasteiger partial charge in [-0.1, -0.05) is 30.3 Å². The highest BCUT2D eigenvalue weighted by Gasteiger charge is 2.19. The molecule has 4 heteroatoms. The van der Waals surface area contributed by atoms with E-state index in [0.29, 0.717) is 0 Å². The van der Waals surface area contributed by atoms with Gasteiger partial charge in [-0.15, -0.1) is 0 Å². The average Bonchev–Trinajstić information content (AvgIpc) is 2.74. The summed E-state index contributed by atoms with van der Waals surface area (Å²) in [6, 6.07) is 10.6. The number of benzene rings is 1. The number of rotatable bonds is 4. The maximum Gasteiger partial charge on any atom is 0.0757 e. The minimum absolute atomic E-state index is 0.160. The predicted molar refractivity (Wildman–Crippen MR) is 72.9 cm³/mol. The Kier molecular flexibility index (Phi) is 3.97. The molecular weight excluding hydrogens is 278 g/mol. The zero-order chi connectivity index (χ0) is 12.3.